The van der Waals surface area contributed by atoms with Gasteiger partial charge in [-0.15, -0.1) is 13.2 Å². The third-order valence-electron chi connectivity index (χ3n) is 1.92. The summed E-state index contributed by atoms with van der Waals surface area (Å²) in [4.78, 5) is 13.7. The van der Waals surface area contributed by atoms with Crippen molar-refractivity contribution in [3.63, 3.8) is 0 Å². The molecule has 0 saturated heterocycles. The number of carbonyl (C=O) groups is 1. The molecule has 0 bridgehead atoms. The highest BCUT2D eigenvalue weighted by molar-refractivity contribution is 5.71. The van der Waals surface area contributed by atoms with E-state index in [4.69, 9.17) is 10.8 Å². The molecule has 0 fully saturated rings. The van der Waals surface area contributed by atoms with E-state index in [1.165, 1.54) is 0 Å². The number of carboxylic acids is 1. The molecular formula is C9H8F4N2O3. The van der Waals surface area contributed by atoms with E-state index < -0.39 is 37.1 Å². The number of pyridine rings is 1. The predicted molar refractivity (Wildman–Crippen MR) is 51.5 cm³/mol. The molecule has 1 aromatic rings. The highest BCUT2D eigenvalue weighted by Gasteiger charge is 2.32. The Morgan fingerprint density at radius 1 is 1.50 bits per heavy atom. The van der Waals surface area contributed by atoms with Crippen molar-refractivity contribution in [2.75, 3.05) is 5.73 Å². The fourth-order valence-corrected chi connectivity index (χ4v) is 1.26. The van der Waals surface area contributed by atoms with Gasteiger partial charge in [0.1, 0.15) is 12.5 Å². The van der Waals surface area contributed by atoms with Crippen molar-refractivity contribution in [2.45, 2.75) is 19.5 Å². The first-order valence-corrected chi connectivity index (χ1v) is 4.54. The number of halogens is 4. The summed E-state index contributed by atoms with van der Waals surface area (Å²) >= 11 is 0. The van der Waals surface area contributed by atoms with Crippen LogP contribution in [0.5, 0.6) is 5.88 Å². The van der Waals surface area contributed by atoms with Crippen molar-refractivity contribution in [1.82, 2.24) is 4.98 Å². The molecule has 1 heterocycles. The van der Waals surface area contributed by atoms with Crippen LogP contribution in [0.1, 0.15) is 11.1 Å². The summed E-state index contributed by atoms with van der Waals surface area (Å²) in [7, 11) is 0. The zero-order chi connectivity index (χ0) is 13.9. The number of carboxylic acid groups (broad SMARTS) is 1. The summed E-state index contributed by atoms with van der Waals surface area (Å²) in [6, 6.07) is 0.701. The van der Waals surface area contributed by atoms with E-state index in [1.54, 1.807) is 0 Å². The topological polar surface area (TPSA) is 85.4 Å². The van der Waals surface area contributed by atoms with Crippen molar-refractivity contribution in [1.29, 1.82) is 0 Å². The number of hydrogen-bond donors (Lipinski definition) is 2. The molecular weight excluding hydrogens is 260 g/mol. The number of nitrogens with zero attached hydrogens (tertiary/aromatic N) is 1. The SMILES string of the molecule is Nc1nc(OC(F)(F)F)cc(CC(=O)O)c1CF. The van der Waals surface area contributed by atoms with Gasteiger partial charge in [-0.1, -0.05) is 0 Å². The zero-order valence-corrected chi connectivity index (χ0v) is 8.79. The zero-order valence-electron chi connectivity index (χ0n) is 8.79. The lowest BCUT2D eigenvalue weighted by atomic mass is 10.1. The largest absolute Gasteiger partial charge is 0.574 e. The van der Waals surface area contributed by atoms with Crippen LogP contribution < -0.4 is 10.5 Å². The molecule has 0 aromatic carbocycles. The van der Waals surface area contributed by atoms with Gasteiger partial charge in [0.25, 0.3) is 0 Å². The fourth-order valence-electron chi connectivity index (χ4n) is 1.26. The second kappa shape index (κ2) is 5.07. The van der Waals surface area contributed by atoms with Crippen LogP contribution in [-0.2, 0) is 17.9 Å². The number of aliphatic carboxylic acids is 1. The summed E-state index contributed by atoms with van der Waals surface area (Å²) in [5.74, 6) is -2.79. The highest BCUT2D eigenvalue weighted by atomic mass is 19.4. The molecule has 0 amide bonds. The minimum Gasteiger partial charge on any atom is -0.481 e. The fraction of sp³-hybridized carbons (Fsp3) is 0.333. The van der Waals surface area contributed by atoms with Gasteiger partial charge in [-0.25, -0.2) is 4.39 Å². The lowest BCUT2D eigenvalue weighted by Crippen LogP contribution is -2.19. The van der Waals surface area contributed by atoms with E-state index in [0.29, 0.717) is 6.07 Å². The lowest BCUT2D eigenvalue weighted by Gasteiger charge is -2.12. The summed E-state index contributed by atoms with van der Waals surface area (Å²) < 4.78 is 52.0. The molecule has 0 spiro atoms. The third-order valence-corrected chi connectivity index (χ3v) is 1.92. The molecule has 0 aliphatic heterocycles. The Morgan fingerprint density at radius 3 is 2.56 bits per heavy atom. The van der Waals surface area contributed by atoms with Crippen molar-refractivity contribution < 1.29 is 32.2 Å². The number of nitrogen functional groups attached to an aromatic ring is 1. The third kappa shape index (κ3) is 3.75. The maximum atomic E-state index is 12.6. The number of anilines is 1. The maximum absolute atomic E-state index is 12.6. The summed E-state index contributed by atoms with van der Waals surface area (Å²) in [6.07, 6.45) is -5.67. The molecule has 0 radical (unpaired) electrons. The van der Waals surface area contributed by atoms with E-state index in [1.807, 2.05) is 0 Å². The average molecular weight is 268 g/mol. The van der Waals surface area contributed by atoms with E-state index in [-0.39, 0.29) is 11.1 Å². The minimum absolute atomic E-state index is 0.211. The Labute approximate surface area is 98.2 Å². The quantitative estimate of drug-likeness (QED) is 0.811. The molecule has 9 heteroatoms. The number of ether oxygens (including phenoxy) is 1. The van der Waals surface area contributed by atoms with Gasteiger partial charge in [0.15, 0.2) is 0 Å². The van der Waals surface area contributed by atoms with Gasteiger partial charge in [0, 0.05) is 11.6 Å². The molecule has 3 N–H and O–H groups in total. The van der Waals surface area contributed by atoms with Crippen molar-refractivity contribution in [2.24, 2.45) is 0 Å². The Hall–Kier alpha value is -2.06. The van der Waals surface area contributed by atoms with Gasteiger partial charge in [0.05, 0.1) is 6.42 Å². The molecule has 0 atom stereocenters. The van der Waals surface area contributed by atoms with Gasteiger partial charge < -0.3 is 15.6 Å². The maximum Gasteiger partial charge on any atom is 0.574 e. The second-order valence-electron chi connectivity index (χ2n) is 3.24. The number of rotatable bonds is 4. The summed E-state index contributed by atoms with van der Waals surface area (Å²) in [5.41, 5.74) is 4.77. The lowest BCUT2D eigenvalue weighted by molar-refractivity contribution is -0.276. The van der Waals surface area contributed by atoms with Gasteiger partial charge >= 0.3 is 12.3 Å². The molecule has 1 rings (SSSR count). The Morgan fingerprint density at radius 2 is 2.11 bits per heavy atom. The molecule has 0 aliphatic rings. The summed E-state index contributed by atoms with van der Waals surface area (Å²) in [6.45, 7) is -1.13. The first kappa shape index (κ1) is 14.0. The van der Waals surface area contributed by atoms with Crippen LogP contribution in [0.3, 0.4) is 0 Å². The van der Waals surface area contributed by atoms with Crippen molar-refractivity contribution in [3.05, 3.63) is 17.2 Å². The summed E-state index contributed by atoms with van der Waals surface area (Å²) in [5, 5.41) is 8.55. The second-order valence-corrected chi connectivity index (χ2v) is 3.24. The van der Waals surface area contributed by atoms with Crippen LogP contribution in [0.25, 0.3) is 0 Å². The Kier molecular flexibility index (Phi) is 3.94. The van der Waals surface area contributed by atoms with Crippen LogP contribution >= 0.6 is 0 Å². The van der Waals surface area contributed by atoms with Gasteiger partial charge in [-0.2, -0.15) is 4.98 Å². The highest BCUT2D eigenvalue weighted by Crippen LogP contribution is 2.26. The normalized spacial score (nSPS) is 11.3. The van der Waals surface area contributed by atoms with E-state index in [9.17, 15) is 22.4 Å². The van der Waals surface area contributed by atoms with E-state index >= 15 is 0 Å². The van der Waals surface area contributed by atoms with E-state index in [0.717, 1.165) is 0 Å². The number of nitrogens with two attached hydrogens (primary N) is 1. The van der Waals surface area contributed by atoms with Gasteiger partial charge in [0.2, 0.25) is 5.88 Å². The van der Waals surface area contributed by atoms with Crippen LogP contribution in [0.2, 0.25) is 0 Å². The number of hydrogen-bond acceptors (Lipinski definition) is 4. The van der Waals surface area contributed by atoms with Crippen LogP contribution in [0.4, 0.5) is 23.4 Å². The Bertz CT molecular complexity index is 462. The monoisotopic (exact) mass is 268 g/mol. The van der Waals surface area contributed by atoms with Gasteiger partial charge in [-0.05, 0) is 5.56 Å². The van der Waals surface area contributed by atoms with Crippen molar-refractivity contribution in [3.8, 4) is 5.88 Å². The van der Waals surface area contributed by atoms with Crippen LogP contribution in [0.15, 0.2) is 6.07 Å². The smallest absolute Gasteiger partial charge is 0.481 e. The van der Waals surface area contributed by atoms with Crippen molar-refractivity contribution >= 4 is 11.8 Å². The molecule has 0 aliphatic carbocycles. The first-order valence-electron chi connectivity index (χ1n) is 4.54. The van der Waals surface area contributed by atoms with Crippen LogP contribution in [-0.4, -0.2) is 22.4 Å². The average Bonchev–Trinajstić information content (AvgIpc) is 2.13. The van der Waals surface area contributed by atoms with Gasteiger partial charge in [-0.3, -0.25) is 4.79 Å². The Balaban J connectivity index is 3.17. The molecule has 5 nitrogen and oxygen atoms in total. The number of aromatic nitrogens is 1. The standard InChI is InChI=1S/C9H8F4N2O3/c10-3-5-4(2-7(16)17)1-6(15-8(5)14)18-9(11,12)13/h1H,2-3H2,(H2,14,15)(H,16,17). The predicted octanol–water partition coefficient (Wildman–Crippen LogP) is 1.66. The first-order chi connectivity index (χ1) is 8.23. The molecule has 1 aromatic heterocycles. The molecule has 100 valence electrons. The minimum atomic E-state index is -4.99. The number of alkyl halides is 4. The molecule has 0 unspecified atom stereocenters. The van der Waals surface area contributed by atoms with E-state index in [2.05, 4.69) is 9.72 Å². The van der Waals surface area contributed by atoms with Crippen LogP contribution in [0, 0.1) is 0 Å². The molecule has 0 saturated carbocycles. The molecule has 18 heavy (non-hydrogen) atoms.